The van der Waals surface area contributed by atoms with Crippen LogP contribution >= 0.6 is 0 Å². The maximum absolute atomic E-state index is 12.6. The van der Waals surface area contributed by atoms with Gasteiger partial charge >= 0.3 is 0 Å². The number of rotatable bonds is 5. The van der Waals surface area contributed by atoms with Gasteiger partial charge < -0.3 is 15.5 Å². The summed E-state index contributed by atoms with van der Waals surface area (Å²) in [7, 11) is 1.74. The predicted octanol–water partition coefficient (Wildman–Crippen LogP) is 4.18. The number of nitrogens with zero attached hydrogens (tertiary/aromatic N) is 3. The van der Waals surface area contributed by atoms with Crippen LogP contribution in [0.5, 0.6) is 0 Å². The minimum atomic E-state index is -0.283. The number of anilines is 3. The van der Waals surface area contributed by atoms with E-state index >= 15 is 0 Å². The van der Waals surface area contributed by atoms with Crippen LogP contribution in [0, 0.1) is 5.92 Å². The van der Waals surface area contributed by atoms with Crippen LogP contribution in [0.1, 0.15) is 61.9 Å². The van der Waals surface area contributed by atoms with Crippen LogP contribution in [-0.4, -0.2) is 34.7 Å². The second-order valence-corrected chi connectivity index (χ2v) is 8.41. The summed E-state index contributed by atoms with van der Waals surface area (Å²) < 4.78 is 1.55. The first kappa shape index (κ1) is 20.4. The summed E-state index contributed by atoms with van der Waals surface area (Å²) in [5, 5.41) is 10.1. The fourth-order valence-corrected chi connectivity index (χ4v) is 4.39. The third-order valence-corrected chi connectivity index (χ3v) is 6.19. The van der Waals surface area contributed by atoms with Crippen molar-refractivity contribution in [2.75, 3.05) is 28.6 Å². The van der Waals surface area contributed by atoms with Crippen molar-refractivity contribution >= 4 is 29.0 Å². The lowest BCUT2D eigenvalue weighted by Gasteiger charge is -2.28. The molecular formula is C23H31N5O2. The summed E-state index contributed by atoms with van der Waals surface area (Å²) in [5.74, 6) is 0.355. The predicted molar refractivity (Wildman–Crippen MR) is 119 cm³/mol. The number of aromatic nitrogens is 2. The molecule has 0 radical (unpaired) electrons. The van der Waals surface area contributed by atoms with Crippen molar-refractivity contribution in [3.63, 3.8) is 0 Å². The van der Waals surface area contributed by atoms with E-state index in [0.717, 1.165) is 44.5 Å². The highest BCUT2D eigenvalue weighted by Gasteiger charge is 2.23. The molecule has 2 aliphatic rings. The van der Waals surface area contributed by atoms with E-state index in [9.17, 15) is 9.59 Å². The number of carbonyl (C=O) groups is 2. The molecule has 2 fully saturated rings. The van der Waals surface area contributed by atoms with Crippen LogP contribution in [0.25, 0.3) is 0 Å². The Hall–Kier alpha value is -2.83. The molecule has 0 atom stereocenters. The van der Waals surface area contributed by atoms with Crippen LogP contribution in [-0.2, 0) is 11.8 Å². The van der Waals surface area contributed by atoms with Gasteiger partial charge in [0.25, 0.3) is 5.91 Å². The van der Waals surface area contributed by atoms with E-state index in [1.54, 1.807) is 17.8 Å². The highest BCUT2D eigenvalue weighted by atomic mass is 16.2. The van der Waals surface area contributed by atoms with Crippen LogP contribution in [0.4, 0.5) is 17.2 Å². The van der Waals surface area contributed by atoms with Gasteiger partial charge in [-0.1, -0.05) is 19.3 Å². The SMILES string of the molecule is Cn1nc(C(=O)Nc2ccc(N3CCCCC3)cc2)cc1NC(=O)C1CCCCC1. The Morgan fingerprint density at radius 2 is 1.60 bits per heavy atom. The zero-order chi connectivity index (χ0) is 20.9. The van der Waals surface area contributed by atoms with Crippen LogP contribution in [0.2, 0.25) is 0 Å². The molecule has 2 heterocycles. The van der Waals surface area contributed by atoms with E-state index in [-0.39, 0.29) is 23.4 Å². The van der Waals surface area contributed by atoms with Crippen LogP contribution in [0.15, 0.2) is 30.3 Å². The zero-order valence-electron chi connectivity index (χ0n) is 17.7. The number of piperidine rings is 1. The molecule has 7 heteroatoms. The first-order chi connectivity index (χ1) is 14.6. The van der Waals surface area contributed by atoms with Gasteiger partial charge in [0.15, 0.2) is 5.69 Å². The molecule has 0 unspecified atom stereocenters. The molecule has 30 heavy (non-hydrogen) atoms. The Morgan fingerprint density at radius 3 is 2.30 bits per heavy atom. The molecule has 160 valence electrons. The number of amides is 2. The summed E-state index contributed by atoms with van der Waals surface area (Å²) >= 11 is 0. The van der Waals surface area contributed by atoms with Gasteiger partial charge in [-0.2, -0.15) is 5.10 Å². The van der Waals surface area contributed by atoms with E-state index in [1.165, 1.54) is 31.4 Å². The quantitative estimate of drug-likeness (QED) is 0.776. The molecule has 1 aromatic carbocycles. The second-order valence-electron chi connectivity index (χ2n) is 8.41. The van der Waals surface area contributed by atoms with Gasteiger partial charge in [0.1, 0.15) is 5.82 Å². The van der Waals surface area contributed by atoms with E-state index in [2.05, 4.69) is 32.8 Å². The molecule has 0 spiro atoms. The number of hydrogen-bond acceptors (Lipinski definition) is 4. The Balaban J connectivity index is 1.36. The van der Waals surface area contributed by atoms with Crippen molar-refractivity contribution in [2.24, 2.45) is 13.0 Å². The third kappa shape index (κ3) is 4.83. The lowest BCUT2D eigenvalue weighted by atomic mass is 9.89. The normalized spacial score (nSPS) is 17.6. The fraction of sp³-hybridized carbons (Fsp3) is 0.522. The maximum Gasteiger partial charge on any atom is 0.276 e. The number of aryl methyl sites for hydroxylation is 1. The molecule has 1 saturated heterocycles. The van der Waals surface area contributed by atoms with E-state index < -0.39 is 0 Å². The fourth-order valence-electron chi connectivity index (χ4n) is 4.39. The van der Waals surface area contributed by atoms with Gasteiger partial charge in [-0.3, -0.25) is 14.3 Å². The molecule has 2 N–H and O–H groups in total. The first-order valence-electron chi connectivity index (χ1n) is 11.1. The Labute approximate surface area is 177 Å². The highest BCUT2D eigenvalue weighted by Crippen LogP contribution is 2.25. The second kappa shape index (κ2) is 9.32. The number of hydrogen-bond donors (Lipinski definition) is 2. The smallest absolute Gasteiger partial charge is 0.276 e. The van der Waals surface area contributed by atoms with E-state index in [0.29, 0.717) is 5.82 Å². The Kier molecular flexibility index (Phi) is 6.35. The average Bonchev–Trinajstić information content (AvgIpc) is 3.16. The zero-order valence-corrected chi connectivity index (χ0v) is 17.7. The van der Waals surface area contributed by atoms with Gasteiger partial charge in [0.05, 0.1) is 0 Å². The van der Waals surface area contributed by atoms with Crippen molar-refractivity contribution in [1.82, 2.24) is 9.78 Å². The highest BCUT2D eigenvalue weighted by molar-refractivity contribution is 6.04. The maximum atomic E-state index is 12.6. The molecule has 1 aromatic heterocycles. The molecule has 2 amide bonds. The van der Waals surface area contributed by atoms with Crippen molar-refractivity contribution in [3.05, 3.63) is 36.0 Å². The standard InChI is InChI=1S/C23H31N5O2/c1-27-21(25-22(29)17-8-4-2-5-9-17)16-20(26-27)23(30)24-18-10-12-19(13-11-18)28-14-6-3-7-15-28/h10-13,16-17H,2-9,14-15H2,1H3,(H,24,30)(H,25,29). The van der Waals surface area contributed by atoms with E-state index in [4.69, 9.17) is 0 Å². The van der Waals surface area contributed by atoms with Gasteiger partial charge in [-0.05, 0) is 56.4 Å². The number of benzene rings is 1. The minimum Gasteiger partial charge on any atom is -0.372 e. The molecule has 2 aromatic rings. The molecule has 4 rings (SSSR count). The average molecular weight is 410 g/mol. The Morgan fingerprint density at radius 1 is 0.933 bits per heavy atom. The Bertz CT molecular complexity index is 877. The summed E-state index contributed by atoms with van der Waals surface area (Å²) in [4.78, 5) is 27.5. The van der Waals surface area contributed by atoms with Crippen molar-refractivity contribution in [2.45, 2.75) is 51.4 Å². The molecule has 7 nitrogen and oxygen atoms in total. The molecule has 0 bridgehead atoms. The van der Waals surface area contributed by atoms with Gasteiger partial charge in [0.2, 0.25) is 5.91 Å². The molecule has 1 aliphatic carbocycles. The monoisotopic (exact) mass is 409 g/mol. The van der Waals surface area contributed by atoms with Crippen LogP contribution in [0.3, 0.4) is 0 Å². The van der Waals surface area contributed by atoms with Crippen LogP contribution < -0.4 is 15.5 Å². The van der Waals surface area contributed by atoms with Gasteiger partial charge in [-0.25, -0.2) is 0 Å². The molecule has 1 saturated carbocycles. The summed E-state index contributed by atoms with van der Waals surface area (Å²) in [5.41, 5.74) is 2.22. The largest absolute Gasteiger partial charge is 0.372 e. The van der Waals surface area contributed by atoms with Crippen molar-refractivity contribution < 1.29 is 9.59 Å². The first-order valence-corrected chi connectivity index (χ1v) is 11.1. The molecule has 1 aliphatic heterocycles. The lowest BCUT2D eigenvalue weighted by Crippen LogP contribution is -2.29. The topological polar surface area (TPSA) is 79.3 Å². The summed E-state index contributed by atoms with van der Waals surface area (Å²) in [6.45, 7) is 2.18. The van der Waals surface area contributed by atoms with Gasteiger partial charge in [-0.15, -0.1) is 0 Å². The van der Waals surface area contributed by atoms with Crippen molar-refractivity contribution in [1.29, 1.82) is 0 Å². The van der Waals surface area contributed by atoms with E-state index in [1.807, 2.05) is 12.1 Å². The summed E-state index contributed by atoms with van der Waals surface area (Å²) in [6.07, 6.45) is 9.06. The summed E-state index contributed by atoms with van der Waals surface area (Å²) in [6, 6.07) is 9.59. The molecular weight excluding hydrogens is 378 g/mol. The minimum absolute atomic E-state index is 0.0259. The number of carbonyl (C=O) groups excluding carboxylic acids is 2. The van der Waals surface area contributed by atoms with Crippen molar-refractivity contribution in [3.8, 4) is 0 Å². The van der Waals surface area contributed by atoms with Gasteiger partial charge in [0, 0.05) is 43.5 Å². The number of nitrogens with one attached hydrogen (secondary N) is 2. The third-order valence-electron chi connectivity index (χ3n) is 6.19. The lowest BCUT2D eigenvalue weighted by molar-refractivity contribution is -0.120.